The number of carbonyl (C=O) groups is 2. The van der Waals surface area contributed by atoms with Gasteiger partial charge < -0.3 is 15.4 Å². The molecule has 4 nitrogen and oxygen atoms in total. The summed E-state index contributed by atoms with van der Waals surface area (Å²) < 4.78 is 0. The van der Waals surface area contributed by atoms with Crippen LogP contribution in [0.4, 0.5) is 0 Å². The number of carbonyl (C=O) groups excluding carboxylic acids is 2. The van der Waals surface area contributed by atoms with Gasteiger partial charge >= 0.3 is 0 Å². The number of hydrogen-bond acceptors (Lipinski definition) is 3. The highest BCUT2D eigenvalue weighted by Crippen LogP contribution is 2.08. The van der Waals surface area contributed by atoms with Crippen molar-refractivity contribution < 1.29 is 9.59 Å². The quantitative estimate of drug-likeness (QED) is 0.428. The van der Waals surface area contributed by atoms with E-state index in [2.05, 4.69) is 10.6 Å². The molecule has 1 amide bonds. The summed E-state index contributed by atoms with van der Waals surface area (Å²) in [6, 6.07) is 0. The summed E-state index contributed by atoms with van der Waals surface area (Å²) in [5.41, 5.74) is 0. The lowest BCUT2D eigenvalue weighted by Crippen LogP contribution is -2.24. The minimum absolute atomic E-state index is 0.201. The predicted molar refractivity (Wildman–Crippen MR) is 93.0 cm³/mol. The zero-order valence-electron chi connectivity index (χ0n) is 14.7. The van der Waals surface area contributed by atoms with Gasteiger partial charge in [-0.1, -0.05) is 38.5 Å². The molecule has 4 heteroatoms. The van der Waals surface area contributed by atoms with Crippen molar-refractivity contribution in [3.8, 4) is 0 Å². The highest BCUT2D eigenvalue weighted by atomic mass is 16.1. The van der Waals surface area contributed by atoms with Gasteiger partial charge in [0.05, 0.1) is 0 Å². The van der Waals surface area contributed by atoms with E-state index in [0.717, 1.165) is 51.6 Å². The summed E-state index contributed by atoms with van der Waals surface area (Å²) in [6.07, 6.45) is 12.7. The maximum Gasteiger partial charge on any atom is 0.219 e. The molecule has 0 fully saturated rings. The second-order valence-corrected chi connectivity index (χ2v) is 6.19. The van der Waals surface area contributed by atoms with Crippen LogP contribution in [0.25, 0.3) is 0 Å². The molecular weight excluding hydrogens is 276 g/mol. The molecule has 0 aromatic heterocycles. The van der Waals surface area contributed by atoms with Crippen LogP contribution in [0.15, 0.2) is 0 Å². The molecule has 0 spiro atoms. The third-order valence-electron chi connectivity index (χ3n) is 3.86. The van der Waals surface area contributed by atoms with Crippen molar-refractivity contribution in [2.24, 2.45) is 0 Å². The third kappa shape index (κ3) is 17.2. The first-order valence-corrected chi connectivity index (χ1v) is 9.07. The fourth-order valence-corrected chi connectivity index (χ4v) is 2.46. The lowest BCUT2D eigenvalue weighted by atomic mass is 10.1. The Bertz CT molecular complexity index is 280. The van der Waals surface area contributed by atoms with E-state index in [-0.39, 0.29) is 5.91 Å². The van der Waals surface area contributed by atoms with E-state index in [1.807, 2.05) is 7.05 Å². The van der Waals surface area contributed by atoms with Gasteiger partial charge in [-0.25, -0.2) is 0 Å². The van der Waals surface area contributed by atoms with Gasteiger partial charge in [-0.3, -0.25) is 4.79 Å². The van der Waals surface area contributed by atoms with Crippen molar-refractivity contribution in [2.45, 2.75) is 84.0 Å². The lowest BCUT2D eigenvalue weighted by Gasteiger charge is -2.05. The van der Waals surface area contributed by atoms with Crippen LogP contribution in [0.5, 0.6) is 0 Å². The summed E-state index contributed by atoms with van der Waals surface area (Å²) in [4.78, 5) is 22.4. The van der Waals surface area contributed by atoms with Gasteiger partial charge in [0.2, 0.25) is 5.91 Å². The zero-order chi connectivity index (χ0) is 16.5. The van der Waals surface area contributed by atoms with Crippen molar-refractivity contribution in [3.05, 3.63) is 0 Å². The van der Waals surface area contributed by atoms with E-state index in [1.165, 1.54) is 32.1 Å². The number of Topliss-reactive ketones (excluding diaryl/α,β-unsaturated/α-hetero) is 1. The molecule has 0 aromatic carbocycles. The zero-order valence-corrected chi connectivity index (χ0v) is 14.7. The summed E-state index contributed by atoms with van der Waals surface area (Å²) in [7, 11) is 1.98. The van der Waals surface area contributed by atoms with E-state index in [9.17, 15) is 9.59 Å². The van der Waals surface area contributed by atoms with Crippen molar-refractivity contribution in [2.75, 3.05) is 20.1 Å². The van der Waals surface area contributed by atoms with Gasteiger partial charge in [0.25, 0.3) is 0 Å². The molecule has 130 valence electrons. The molecule has 0 atom stereocenters. The molecule has 0 aromatic rings. The van der Waals surface area contributed by atoms with Crippen LogP contribution in [0.3, 0.4) is 0 Å². The fraction of sp³-hybridized carbons (Fsp3) is 0.889. The normalized spacial score (nSPS) is 10.6. The summed E-state index contributed by atoms with van der Waals surface area (Å²) in [5.74, 6) is 0.491. The molecule has 0 unspecified atom stereocenters. The summed E-state index contributed by atoms with van der Waals surface area (Å²) >= 11 is 0. The van der Waals surface area contributed by atoms with Gasteiger partial charge in [-0.2, -0.15) is 0 Å². The second kappa shape index (κ2) is 16.5. The molecule has 0 rings (SSSR count). The fourth-order valence-electron chi connectivity index (χ4n) is 2.46. The first-order chi connectivity index (χ1) is 10.7. The van der Waals surface area contributed by atoms with Crippen molar-refractivity contribution in [1.82, 2.24) is 10.6 Å². The Balaban J connectivity index is 3.17. The molecule has 0 heterocycles. The molecule has 0 saturated carbocycles. The molecule has 0 saturated heterocycles. The van der Waals surface area contributed by atoms with Crippen LogP contribution in [0.1, 0.15) is 84.0 Å². The standard InChI is InChI=1S/C18H36N2O2/c1-17(21)13-9-5-3-4-6-10-14-18(22)20-16-12-8-7-11-15-19-2/h19H,3-16H2,1-2H3,(H,20,22). The maximum absolute atomic E-state index is 11.6. The Hall–Kier alpha value is -0.900. The molecule has 0 radical (unpaired) electrons. The molecule has 0 aliphatic carbocycles. The van der Waals surface area contributed by atoms with Crippen LogP contribution in [0.2, 0.25) is 0 Å². The monoisotopic (exact) mass is 312 g/mol. The molecule has 2 N–H and O–H groups in total. The number of amides is 1. The maximum atomic E-state index is 11.6. The molecule has 0 bridgehead atoms. The summed E-state index contributed by atoms with van der Waals surface area (Å²) in [5, 5.41) is 6.15. The van der Waals surface area contributed by atoms with E-state index in [0.29, 0.717) is 12.2 Å². The van der Waals surface area contributed by atoms with Gasteiger partial charge in [-0.15, -0.1) is 0 Å². The van der Waals surface area contributed by atoms with Crippen LogP contribution in [-0.4, -0.2) is 31.8 Å². The SMILES string of the molecule is CNCCCCCCNC(=O)CCCCCCCCC(C)=O. The number of hydrogen-bond donors (Lipinski definition) is 2. The molecule has 0 aliphatic rings. The van der Waals surface area contributed by atoms with Gasteiger partial charge in [0.15, 0.2) is 0 Å². The predicted octanol–water partition coefficient (Wildman–Crippen LogP) is 3.59. The minimum atomic E-state index is 0.201. The first kappa shape index (κ1) is 21.1. The summed E-state index contributed by atoms with van der Waals surface area (Å²) in [6.45, 7) is 3.56. The largest absolute Gasteiger partial charge is 0.356 e. The third-order valence-corrected chi connectivity index (χ3v) is 3.86. The van der Waals surface area contributed by atoms with Crippen molar-refractivity contribution in [1.29, 1.82) is 0 Å². The Labute approximate surface area is 136 Å². The molecule has 0 aliphatic heterocycles. The number of ketones is 1. The average molecular weight is 312 g/mol. The Morgan fingerprint density at radius 3 is 1.77 bits per heavy atom. The highest BCUT2D eigenvalue weighted by Gasteiger charge is 2.00. The number of nitrogens with one attached hydrogen (secondary N) is 2. The Morgan fingerprint density at radius 2 is 1.18 bits per heavy atom. The van der Waals surface area contributed by atoms with Gasteiger partial charge in [0, 0.05) is 19.4 Å². The van der Waals surface area contributed by atoms with Crippen molar-refractivity contribution in [3.63, 3.8) is 0 Å². The van der Waals surface area contributed by atoms with Crippen LogP contribution >= 0.6 is 0 Å². The van der Waals surface area contributed by atoms with Crippen molar-refractivity contribution >= 4 is 11.7 Å². The van der Waals surface area contributed by atoms with Crippen LogP contribution < -0.4 is 10.6 Å². The first-order valence-electron chi connectivity index (χ1n) is 9.07. The Morgan fingerprint density at radius 1 is 0.682 bits per heavy atom. The van der Waals surface area contributed by atoms with Crippen LogP contribution in [-0.2, 0) is 9.59 Å². The van der Waals surface area contributed by atoms with E-state index >= 15 is 0 Å². The van der Waals surface area contributed by atoms with Gasteiger partial charge in [-0.05, 0) is 46.2 Å². The molecular formula is C18H36N2O2. The number of unbranched alkanes of at least 4 members (excludes halogenated alkanes) is 8. The smallest absolute Gasteiger partial charge is 0.219 e. The second-order valence-electron chi connectivity index (χ2n) is 6.19. The van der Waals surface area contributed by atoms with E-state index < -0.39 is 0 Å². The average Bonchev–Trinajstić information content (AvgIpc) is 2.48. The molecule has 22 heavy (non-hydrogen) atoms. The lowest BCUT2D eigenvalue weighted by molar-refractivity contribution is -0.121. The Kier molecular flexibility index (Phi) is 15.8. The van der Waals surface area contributed by atoms with E-state index in [1.54, 1.807) is 6.92 Å². The highest BCUT2D eigenvalue weighted by molar-refractivity contribution is 5.75. The minimum Gasteiger partial charge on any atom is -0.356 e. The topological polar surface area (TPSA) is 58.2 Å². The van der Waals surface area contributed by atoms with Gasteiger partial charge in [0.1, 0.15) is 5.78 Å². The number of rotatable bonds is 16. The van der Waals surface area contributed by atoms with Crippen LogP contribution in [0, 0.1) is 0 Å². The van der Waals surface area contributed by atoms with E-state index in [4.69, 9.17) is 0 Å².